The van der Waals surface area contributed by atoms with Gasteiger partial charge in [0.15, 0.2) is 5.65 Å². The molecule has 2 heterocycles. The van der Waals surface area contributed by atoms with Gasteiger partial charge in [-0.25, -0.2) is 9.50 Å². The number of aryl methyl sites for hydroxylation is 1. The Morgan fingerprint density at radius 1 is 1.25 bits per heavy atom. The molecule has 130 valence electrons. The van der Waals surface area contributed by atoms with E-state index in [9.17, 15) is 4.79 Å². The molecule has 0 aliphatic heterocycles. The Kier molecular flexibility index (Phi) is 5.14. The van der Waals surface area contributed by atoms with E-state index in [1.165, 1.54) is 32.1 Å². The maximum atomic E-state index is 12.8. The molecule has 2 aromatic heterocycles. The average Bonchev–Trinajstić information content (AvgIpc) is 2.95. The van der Waals surface area contributed by atoms with Crippen LogP contribution >= 0.6 is 0 Å². The molecule has 6 heteroatoms. The van der Waals surface area contributed by atoms with Crippen molar-refractivity contribution in [3.05, 3.63) is 29.7 Å². The van der Waals surface area contributed by atoms with Gasteiger partial charge in [0.1, 0.15) is 5.56 Å². The summed E-state index contributed by atoms with van der Waals surface area (Å²) in [5, 5.41) is 4.38. The quantitative estimate of drug-likeness (QED) is 0.845. The smallest absolute Gasteiger partial charge is 0.259 e. The van der Waals surface area contributed by atoms with Crippen molar-refractivity contribution < 1.29 is 4.79 Å². The molecule has 0 spiro atoms. The van der Waals surface area contributed by atoms with Gasteiger partial charge in [-0.05, 0) is 32.9 Å². The van der Waals surface area contributed by atoms with Gasteiger partial charge in [0.25, 0.3) is 5.91 Å². The zero-order valence-electron chi connectivity index (χ0n) is 14.9. The highest BCUT2D eigenvalue weighted by Crippen LogP contribution is 2.21. The number of carbonyl (C=O) groups is 1. The van der Waals surface area contributed by atoms with Crippen molar-refractivity contribution in [3.63, 3.8) is 0 Å². The first-order valence-electron chi connectivity index (χ1n) is 8.83. The molecule has 0 bridgehead atoms. The fraction of sp³-hybridized carbons (Fsp3) is 0.611. The number of aromatic nitrogens is 3. The van der Waals surface area contributed by atoms with Gasteiger partial charge >= 0.3 is 0 Å². The molecule has 0 saturated heterocycles. The lowest BCUT2D eigenvalue weighted by atomic mass is 9.94. The van der Waals surface area contributed by atoms with E-state index in [0.29, 0.717) is 17.3 Å². The van der Waals surface area contributed by atoms with Crippen LogP contribution in [0.4, 0.5) is 0 Å². The van der Waals surface area contributed by atoms with E-state index in [4.69, 9.17) is 0 Å². The van der Waals surface area contributed by atoms with Gasteiger partial charge in [-0.2, -0.15) is 5.10 Å². The fourth-order valence-corrected chi connectivity index (χ4v) is 3.55. The first-order valence-corrected chi connectivity index (χ1v) is 8.83. The second-order valence-electron chi connectivity index (χ2n) is 6.85. The summed E-state index contributed by atoms with van der Waals surface area (Å²) in [4.78, 5) is 21.4. The molecule has 1 amide bonds. The van der Waals surface area contributed by atoms with E-state index in [1.54, 1.807) is 15.6 Å². The molecule has 24 heavy (non-hydrogen) atoms. The normalized spacial score (nSPS) is 16.0. The van der Waals surface area contributed by atoms with E-state index in [0.717, 1.165) is 18.8 Å². The summed E-state index contributed by atoms with van der Waals surface area (Å²) in [5.41, 5.74) is 1.97. The van der Waals surface area contributed by atoms with E-state index in [2.05, 4.69) is 22.0 Å². The summed E-state index contributed by atoms with van der Waals surface area (Å²) in [6.45, 7) is 3.48. The highest BCUT2D eigenvalue weighted by Gasteiger charge is 2.23. The molecule has 3 rings (SSSR count). The van der Waals surface area contributed by atoms with Gasteiger partial charge in [-0.1, -0.05) is 19.3 Å². The van der Waals surface area contributed by atoms with Crippen molar-refractivity contribution in [1.82, 2.24) is 24.4 Å². The number of rotatable bonds is 5. The Balaban J connectivity index is 1.64. The summed E-state index contributed by atoms with van der Waals surface area (Å²) >= 11 is 0. The molecule has 1 saturated carbocycles. The fourth-order valence-electron chi connectivity index (χ4n) is 3.55. The van der Waals surface area contributed by atoms with E-state index >= 15 is 0 Å². The SMILES string of the molecule is Cc1nn2cccnc2c1C(=O)N(C)CCN(C)C1CCCCC1. The van der Waals surface area contributed by atoms with E-state index in [1.807, 2.05) is 26.2 Å². The third kappa shape index (κ3) is 3.43. The maximum absolute atomic E-state index is 12.8. The van der Waals surface area contributed by atoms with Gasteiger partial charge in [0.05, 0.1) is 5.69 Å². The van der Waals surface area contributed by atoms with Gasteiger partial charge in [0.2, 0.25) is 0 Å². The van der Waals surface area contributed by atoms with Crippen LogP contribution < -0.4 is 0 Å². The molecule has 0 atom stereocenters. The lowest BCUT2D eigenvalue weighted by molar-refractivity contribution is 0.0768. The van der Waals surface area contributed by atoms with Crippen LogP contribution in [-0.2, 0) is 0 Å². The Bertz CT molecular complexity index is 704. The van der Waals surface area contributed by atoms with Crippen molar-refractivity contribution >= 4 is 11.6 Å². The molecule has 2 aromatic rings. The van der Waals surface area contributed by atoms with Crippen molar-refractivity contribution in [2.75, 3.05) is 27.2 Å². The zero-order chi connectivity index (χ0) is 17.1. The Morgan fingerprint density at radius 2 is 2.00 bits per heavy atom. The second kappa shape index (κ2) is 7.30. The minimum absolute atomic E-state index is 0.00163. The van der Waals surface area contributed by atoms with Crippen LogP contribution in [-0.4, -0.2) is 63.5 Å². The van der Waals surface area contributed by atoms with Crippen molar-refractivity contribution in [3.8, 4) is 0 Å². The number of likely N-dealkylation sites (N-methyl/N-ethyl adjacent to an activating group) is 2. The molecule has 1 fully saturated rings. The topological polar surface area (TPSA) is 53.7 Å². The predicted octanol–water partition coefficient (Wildman–Crippen LogP) is 2.37. The van der Waals surface area contributed by atoms with Gasteiger partial charge < -0.3 is 9.80 Å². The Morgan fingerprint density at radius 3 is 2.75 bits per heavy atom. The molecule has 0 aromatic carbocycles. The number of nitrogens with zero attached hydrogens (tertiary/aromatic N) is 5. The molecule has 1 aliphatic carbocycles. The summed E-state index contributed by atoms with van der Waals surface area (Å²) in [7, 11) is 4.04. The number of fused-ring (bicyclic) bond motifs is 1. The van der Waals surface area contributed by atoms with Crippen LogP contribution in [0.3, 0.4) is 0 Å². The number of carbonyl (C=O) groups excluding carboxylic acids is 1. The van der Waals surface area contributed by atoms with Gasteiger partial charge in [0, 0.05) is 38.6 Å². The first kappa shape index (κ1) is 16.9. The maximum Gasteiger partial charge on any atom is 0.259 e. The van der Waals surface area contributed by atoms with Crippen molar-refractivity contribution in [1.29, 1.82) is 0 Å². The Labute approximate surface area is 143 Å². The standard InChI is InChI=1S/C18H27N5O/c1-14-16(17-19-10-7-11-23(17)20-14)18(24)22(3)13-12-21(2)15-8-5-4-6-9-15/h7,10-11,15H,4-6,8-9,12-13H2,1-3H3. The molecule has 0 radical (unpaired) electrons. The highest BCUT2D eigenvalue weighted by molar-refractivity contribution is 6.00. The van der Waals surface area contributed by atoms with Gasteiger partial charge in [-0.15, -0.1) is 0 Å². The van der Waals surface area contributed by atoms with Crippen molar-refractivity contribution in [2.24, 2.45) is 0 Å². The molecule has 0 unspecified atom stereocenters. The van der Waals surface area contributed by atoms with Crippen LogP contribution in [0, 0.1) is 6.92 Å². The van der Waals surface area contributed by atoms with E-state index in [-0.39, 0.29) is 5.91 Å². The summed E-state index contributed by atoms with van der Waals surface area (Å²) in [6.07, 6.45) is 10.1. The average molecular weight is 329 g/mol. The highest BCUT2D eigenvalue weighted by atomic mass is 16.2. The minimum Gasteiger partial charge on any atom is -0.340 e. The number of hydrogen-bond donors (Lipinski definition) is 0. The number of hydrogen-bond acceptors (Lipinski definition) is 4. The predicted molar refractivity (Wildman–Crippen MR) is 94.2 cm³/mol. The van der Waals surface area contributed by atoms with Crippen LogP contribution in [0.25, 0.3) is 5.65 Å². The van der Waals surface area contributed by atoms with Crippen LogP contribution in [0.15, 0.2) is 18.5 Å². The Hall–Kier alpha value is -1.95. The van der Waals surface area contributed by atoms with Gasteiger partial charge in [-0.3, -0.25) is 4.79 Å². The van der Waals surface area contributed by atoms with Crippen LogP contribution in [0.5, 0.6) is 0 Å². The largest absolute Gasteiger partial charge is 0.340 e. The second-order valence-corrected chi connectivity index (χ2v) is 6.85. The van der Waals surface area contributed by atoms with Crippen molar-refractivity contribution in [2.45, 2.75) is 45.1 Å². The molecular formula is C18H27N5O. The minimum atomic E-state index is -0.00163. The number of amides is 1. The third-order valence-corrected chi connectivity index (χ3v) is 5.12. The molecular weight excluding hydrogens is 302 g/mol. The monoisotopic (exact) mass is 329 g/mol. The first-order chi connectivity index (χ1) is 11.6. The van der Waals surface area contributed by atoms with Crippen LogP contribution in [0.1, 0.15) is 48.2 Å². The lowest BCUT2D eigenvalue weighted by Crippen LogP contribution is -2.40. The molecule has 6 nitrogen and oxygen atoms in total. The van der Waals surface area contributed by atoms with E-state index < -0.39 is 0 Å². The summed E-state index contributed by atoms with van der Waals surface area (Å²) < 4.78 is 1.67. The summed E-state index contributed by atoms with van der Waals surface area (Å²) in [6, 6.07) is 2.49. The lowest BCUT2D eigenvalue weighted by Gasteiger charge is -2.32. The summed E-state index contributed by atoms with van der Waals surface area (Å²) in [5.74, 6) is -0.00163. The molecule has 0 N–H and O–H groups in total. The zero-order valence-corrected chi connectivity index (χ0v) is 14.9. The third-order valence-electron chi connectivity index (χ3n) is 5.12. The molecule has 1 aliphatic rings. The van der Waals surface area contributed by atoms with Crippen LogP contribution in [0.2, 0.25) is 0 Å².